The molecule has 1 heterocycles. The first-order chi connectivity index (χ1) is 5.59. The zero-order valence-electron chi connectivity index (χ0n) is 7.13. The molecule has 0 aromatic carbocycles. The van der Waals surface area contributed by atoms with Crippen LogP contribution < -0.4 is 0 Å². The normalized spacial score (nSPS) is 24.4. The molecule has 0 spiro atoms. The number of hydrogen-bond donors (Lipinski definition) is 0. The van der Waals surface area contributed by atoms with E-state index in [9.17, 15) is 0 Å². The lowest BCUT2D eigenvalue weighted by molar-refractivity contribution is 0.675. The van der Waals surface area contributed by atoms with Gasteiger partial charge in [-0.3, -0.25) is 0 Å². The van der Waals surface area contributed by atoms with E-state index < -0.39 is 0 Å². The minimum absolute atomic E-state index is 0.0795. The van der Waals surface area contributed by atoms with Gasteiger partial charge in [-0.15, -0.1) is 0 Å². The van der Waals surface area contributed by atoms with Crippen molar-refractivity contribution < 1.29 is 0 Å². The number of nitrogens with zero attached hydrogens (tertiary/aromatic N) is 1. The number of fused-ring (bicyclic) bond motifs is 1. The van der Waals surface area contributed by atoms with Crippen molar-refractivity contribution in [3.8, 4) is 0 Å². The summed E-state index contributed by atoms with van der Waals surface area (Å²) in [5.41, 5.74) is 2.47. The van der Waals surface area contributed by atoms with Crippen LogP contribution in [-0.4, -0.2) is 5.71 Å². The zero-order chi connectivity index (χ0) is 8.77. The van der Waals surface area contributed by atoms with E-state index in [-0.39, 0.29) is 5.41 Å². The van der Waals surface area contributed by atoms with Gasteiger partial charge in [0.05, 0.1) is 5.71 Å². The smallest absolute Gasteiger partial charge is 0.107 e. The topological polar surface area (TPSA) is 12.4 Å². The molecule has 0 radical (unpaired) electrons. The minimum Gasteiger partial charge on any atom is -0.244 e. The minimum atomic E-state index is 0.0795. The lowest BCUT2D eigenvalue weighted by Gasteiger charge is -2.23. The SMILES string of the molecule is CC1(C)C=CC=C2C=C(Br)N=C21. The van der Waals surface area contributed by atoms with Crippen LogP contribution in [0, 0.1) is 5.41 Å². The summed E-state index contributed by atoms with van der Waals surface area (Å²) in [5.74, 6) is 0. The molecule has 2 aliphatic rings. The molecular weight excluding hydrogens is 214 g/mol. The summed E-state index contributed by atoms with van der Waals surface area (Å²) in [6, 6.07) is 0. The van der Waals surface area contributed by atoms with E-state index in [1.54, 1.807) is 0 Å². The molecule has 0 fully saturated rings. The molecule has 0 unspecified atom stereocenters. The van der Waals surface area contributed by atoms with Crippen molar-refractivity contribution >= 4 is 21.6 Å². The molecule has 0 aromatic rings. The predicted octanol–water partition coefficient (Wildman–Crippen LogP) is 3.20. The van der Waals surface area contributed by atoms with Crippen LogP contribution in [0.1, 0.15) is 13.8 Å². The van der Waals surface area contributed by atoms with Crippen LogP contribution >= 0.6 is 15.9 Å². The van der Waals surface area contributed by atoms with Crippen molar-refractivity contribution in [3.05, 3.63) is 34.5 Å². The van der Waals surface area contributed by atoms with Gasteiger partial charge in [0.1, 0.15) is 4.61 Å². The fourth-order valence-corrected chi connectivity index (χ4v) is 1.94. The van der Waals surface area contributed by atoms with E-state index in [1.807, 2.05) is 0 Å². The van der Waals surface area contributed by atoms with Gasteiger partial charge in [-0.25, -0.2) is 4.99 Å². The summed E-state index contributed by atoms with van der Waals surface area (Å²) in [6.45, 7) is 4.35. The molecule has 0 saturated heterocycles. The first kappa shape index (κ1) is 7.99. The Balaban J connectivity index is 2.51. The number of halogens is 1. The molecule has 1 aliphatic carbocycles. The molecule has 0 N–H and O–H groups in total. The van der Waals surface area contributed by atoms with Crippen LogP contribution in [0.5, 0.6) is 0 Å². The lowest BCUT2D eigenvalue weighted by atomic mass is 9.80. The monoisotopic (exact) mass is 223 g/mol. The third kappa shape index (κ3) is 1.11. The summed E-state index contributed by atoms with van der Waals surface area (Å²) in [4.78, 5) is 4.44. The van der Waals surface area contributed by atoms with Crippen LogP contribution in [0.15, 0.2) is 39.5 Å². The van der Waals surface area contributed by atoms with E-state index in [4.69, 9.17) is 0 Å². The molecule has 12 heavy (non-hydrogen) atoms. The summed E-state index contributed by atoms with van der Waals surface area (Å²) in [5, 5.41) is 0. The van der Waals surface area contributed by atoms with Gasteiger partial charge < -0.3 is 0 Å². The zero-order valence-corrected chi connectivity index (χ0v) is 8.72. The van der Waals surface area contributed by atoms with E-state index in [0.717, 1.165) is 10.3 Å². The molecule has 0 saturated carbocycles. The molecule has 2 heteroatoms. The Morgan fingerprint density at radius 2 is 2.17 bits per heavy atom. The van der Waals surface area contributed by atoms with E-state index in [1.165, 1.54) is 5.57 Å². The summed E-state index contributed by atoms with van der Waals surface area (Å²) >= 11 is 3.39. The second kappa shape index (κ2) is 2.43. The fraction of sp³-hybridized carbons (Fsp3) is 0.300. The maximum atomic E-state index is 4.44. The Morgan fingerprint density at radius 3 is 2.83 bits per heavy atom. The summed E-state index contributed by atoms with van der Waals surface area (Å²) in [6.07, 6.45) is 8.42. The van der Waals surface area contributed by atoms with Gasteiger partial charge in [0, 0.05) is 5.41 Å². The number of rotatable bonds is 0. The largest absolute Gasteiger partial charge is 0.244 e. The average Bonchev–Trinajstić information content (AvgIpc) is 2.30. The lowest BCUT2D eigenvalue weighted by Crippen LogP contribution is -2.23. The van der Waals surface area contributed by atoms with Crippen LogP contribution in [-0.2, 0) is 0 Å². The highest BCUT2D eigenvalue weighted by Gasteiger charge is 2.29. The quantitative estimate of drug-likeness (QED) is 0.560. The highest BCUT2D eigenvalue weighted by Crippen LogP contribution is 2.34. The van der Waals surface area contributed by atoms with Gasteiger partial charge in [-0.2, -0.15) is 0 Å². The third-order valence-corrected chi connectivity index (χ3v) is 2.57. The van der Waals surface area contributed by atoms with E-state index in [2.05, 4.69) is 59.1 Å². The Bertz CT molecular complexity index is 343. The predicted molar refractivity (Wildman–Crippen MR) is 55.4 cm³/mol. The molecule has 0 bridgehead atoms. The number of allylic oxidation sites excluding steroid dienone is 5. The van der Waals surface area contributed by atoms with Crippen molar-refractivity contribution in [2.24, 2.45) is 10.4 Å². The van der Waals surface area contributed by atoms with Crippen LogP contribution in [0.4, 0.5) is 0 Å². The number of hydrogen-bond acceptors (Lipinski definition) is 1. The average molecular weight is 224 g/mol. The van der Waals surface area contributed by atoms with Crippen LogP contribution in [0.2, 0.25) is 0 Å². The Hall–Kier alpha value is -0.630. The Labute approximate surface area is 80.7 Å². The van der Waals surface area contributed by atoms with E-state index >= 15 is 0 Å². The molecule has 0 amide bonds. The fourth-order valence-electron chi connectivity index (χ4n) is 1.51. The second-order valence-corrected chi connectivity index (χ2v) is 4.44. The highest BCUT2D eigenvalue weighted by atomic mass is 79.9. The van der Waals surface area contributed by atoms with Gasteiger partial charge in [-0.1, -0.05) is 32.1 Å². The van der Waals surface area contributed by atoms with Crippen LogP contribution in [0.25, 0.3) is 0 Å². The highest BCUT2D eigenvalue weighted by molar-refractivity contribution is 9.11. The molecule has 1 nitrogen and oxygen atoms in total. The van der Waals surface area contributed by atoms with Crippen molar-refractivity contribution in [2.45, 2.75) is 13.8 Å². The Morgan fingerprint density at radius 1 is 1.42 bits per heavy atom. The second-order valence-electron chi connectivity index (χ2n) is 3.63. The first-order valence-corrected chi connectivity index (χ1v) is 4.75. The van der Waals surface area contributed by atoms with Crippen molar-refractivity contribution in [2.75, 3.05) is 0 Å². The Kier molecular flexibility index (Phi) is 1.62. The van der Waals surface area contributed by atoms with Gasteiger partial charge in [0.2, 0.25) is 0 Å². The standard InChI is InChI=1S/C10H10BrN/c1-10(2)5-3-4-7-6-8(11)12-9(7)10/h3-6H,1-2H3. The van der Waals surface area contributed by atoms with Crippen molar-refractivity contribution in [1.29, 1.82) is 0 Å². The molecular formula is C10H10BrN. The summed E-state index contributed by atoms with van der Waals surface area (Å²) < 4.78 is 0.931. The molecule has 0 atom stereocenters. The first-order valence-electron chi connectivity index (χ1n) is 3.96. The molecule has 2 rings (SSSR count). The number of aliphatic imine (C=N–C) groups is 1. The summed E-state index contributed by atoms with van der Waals surface area (Å²) in [7, 11) is 0. The third-order valence-electron chi connectivity index (χ3n) is 2.17. The maximum absolute atomic E-state index is 4.44. The van der Waals surface area contributed by atoms with Gasteiger partial charge in [0.15, 0.2) is 0 Å². The molecule has 0 aromatic heterocycles. The molecule has 1 aliphatic heterocycles. The molecule has 62 valence electrons. The van der Waals surface area contributed by atoms with Crippen molar-refractivity contribution in [3.63, 3.8) is 0 Å². The van der Waals surface area contributed by atoms with Gasteiger partial charge >= 0.3 is 0 Å². The van der Waals surface area contributed by atoms with Crippen LogP contribution in [0.3, 0.4) is 0 Å². The van der Waals surface area contributed by atoms with Gasteiger partial charge in [0.25, 0.3) is 0 Å². The van der Waals surface area contributed by atoms with E-state index in [0.29, 0.717) is 0 Å². The maximum Gasteiger partial charge on any atom is 0.107 e. The van der Waals surface area contributed by atoms with Crippen molar-refractivity contribution in [1.82, 2.24) is 0 Å². The van der Waals surface area contributed by atoms with Gasteiger partial charge in [-0.05, 0) is 27.6 Å².